The summed E-state index contributed by atoms with van der Waals surface area (Å²) in [4.78, 5) is 0. The molecule has 0 amide bonds. The van der Waals surface area contributed by atoms with E-state index in [0.29, 0.717) is 12.8 Å². The van der Waals surface area contributed by atoms with Crippen molar-refractivity contribution in [2.24, 2.45) is 0 Å². The predicted molar refractivity (Wildman–Crippen MR) is 114 cm³/mol. The van der Waals surface area contributed by atoms with Gasteiger partial charge in [-0.25, -0.2) is 8.42 Å². The Morgan fingerprint density at radius 1 is 0.679 bits per heavy atom. The van der Waals surface area contributed by atoms with Gasteiger partial charge in [0.05, 0.1) is 16.2 Å². The van der Waals surface area contributed by atoms with Gasteiger partial charge in [-0.05, 0) is 25.7 Å². The van der Waals surface area contributed by atoms with Crippen LogP contribution < -0.4 is 29.6 Å². The van der Waals surface area contributed by atoms with Gasteiger partial charge < -0.3 is 9.66 Å². The van der Waals surface area contributed by atoms with Gasteiger partial charge in [-0.3, -0.25) is 0 Å². The molecule has 0 aliphatic carbocycles. The molecule has 0 aromatic rings. The van der Waals surface area contributed by atoms with Crippen LogP contribution in [0.5, 0.6) is 0 Å². The molecule has 28 heavy (non-hydrogen) atoms. The van der Waals surface area contributed by atoms with Gasteiger partial charge in [0.25, 0.3) is 0 Å². The largest absolute Gasteiger partial charge is 1.00 e. The molecular formula is C22H45NaO4S. The van der Waals surface area contributed by atoms with Crippen LogP contribution in [0.3, 0.4) is 0 Å². The standard InChI is InChI=1S/C22H46O4S.Na/c1-3-5-19-22(27(24,25)26)20-17-15-13-11-9-7-6-8-10-12-14-16-18-21(23)4-2;/h21-23H,3-20H2,1-2H3,(H,24,25,26);/q;+1/p-1. The van der Waals surface area contributed by atoms with E-state index in [1.54, 1.807) is 0 Å². The third kappa shape index (κ3) is 20.2. The SMILES string of the molecule is CCCCC(CCCCCCCCCCCCCCC(O)CC)S(=O)(=O)[O-].[Na+]. The van der Waals surface area contributed by atoms with Gasteiger partial charge in [0.15, 0.2) is 0 Å². The summed E-state index contributed by atoms with van der Waals surface area (Å²) < 4.78 is 33.8. The molecule has 0 saturated heterocycles. The molecule has 0 saturated carbocycles. The van der Waals surface area contributed by atoms with Crippen LogP contribution in [0.25, 0.3) is 0 Å². The monoisotopic (exact) mass is 428 g/mol. The summed E-state index contributed by atoms with van der Waals surface area (Å²) in [5.41, 5.74) is 0. The van der Waals surface area contributed by atoms with Crippen LogP contribution in [0.1, 0.15) is 129 Å². The number of aliphatic hydroxyl groups excluding tert-OH is 1. The van der Waals surface area contributed by atoms with Crippen molar-refractivity contribution < 1.29 is 47.6 Å². The van der Waals surface area contributed by atoms with Gasteiger partial charge >= 0.3 is 29.6 Å². The van der Waals surface area contributed by atoms with E-state index in [1.807, 2.05) is 13.8 Å². The third-order valence-electron chi connectivity index (χ3n) is 5.57. The first kappa shape index (κ1) is 31.1. The van der Waals surface area contributed by atoms with Crippen molar-refractivity contribution in [1.29, 1.82) is 0 Å². The second-order valence-electron chi connectivity index (χ2n) is 8.14. The number of rotatable bonds is 20. The van der Waals surface area contributed by atoms with Crippen molar-refractivity contribution in [3.05, 3.63) is 0 Å². The second kappa shape index (κ2) is 21.1. The first-order chi connectivity index (χ1) is 12.9. The Kier molecular flexibility index (Phi) is 23.4. The summed E-state index contributed by atoms with van der Waals surface area (Å²) in [5, 5.41) is 8.83. The molecule has 0 aliphatic rings. The van der Waals surface area contributed by atoms with E-state index in [4.69, 9.17) is 0 Å². The quantitative estimate of drug-likeness (QED) is 0.183. The molecule has 1 N–H and O–H groups in total. The van der Waals surface area contributed by atoms with Crippen LogP contribution in [-0.4, -0.2) is 29.4 Å². The predicted octanol–water partition coefficient (Wildman–Crippen LogP) is 3.33. The molecule has 0 aliphatic heterocycles. The average molecular weight is 429 g/mol. The third-order valence-corrected chi connectivity index (χ3v) is 6.86. The van der Waals surface area contributed by atoms with Crippen LogP contribution in [0.15, 0.2) is 0 Å². The van der Waals surface area contributed by atoms with E-state index in [1.165, 1.54) is 51.4 Å². The number of aliphatic hydroxyl groups is 1. The van der Waals surface area contributed by atoms with Crippen molar-refractivity contribution in [2.45, 2.75) is 141 Å². The molecule has 2 unspecified atom stereocenters. The van der Waals surface area contributed by atoms with Crippen LogP contribution >= 0.6 is 0 Å². The number of hydrogen-bond acceptors (Lipinski definition) is 4. The van der Waals surface area contributed by atoms with Gasteiger partial charge in [0.1, 0.15) is 0 Å². The van der Waals surface area contributed by atoms with Gasteiger partial charge in [-0.1, -0.05) is 104 Å². The molecule has 0 fully saturated rings. The molecule has 0 bridgehead atoms. The van der Waals surface area contributed by atoms with E-state index < -0.39 is 15.4 Å². The van der Waals surface area contributed by atoms with E-state index in [9.17, 15) is 18.1 Å². The zero-order valence-electron chi connectivity index (χ0n) is 19.0. The summed E-state index contributed by atoms with van der Waals surface area (Å²) in [6, 6.07) is 0. The summed E-state index contributed by atoms with van der Waals surface area (Å²) in [7, 11) is -4.12. The van der Waals surface area contributed by atoms with E-state index >= 15 is 0 Å². The summed E-state index contributed by atoms with van der Waals surface area (Å²) in [6.07, 6.45) is 19.0. The molecule has 0 rings (SSSR count). The van der Waals surface area contributed by atoms with E-state index in [2.05, 4.69) is 0 Å². The normalized spacial score (nSPS) is 13.9. The van der Waals surface area contributed by atoms with E-state index in [0.717, 1.165) is 51.4 Å². The van der Waals surface area contributed by atoms with Crippen molar-refractivity contribution in [3.63, 3.8) is 0 Å². The molecule has 6 heteroatoms. The molecule has 4 nitrogen and oxygen atoms in total. The Morgan fingerprint density at radius 2 is 1.04 bits per heavy atom. The molecular weight excluding hydrogens is 383 g/mol. The fourth-order valence-electron chi connectivity index (χ4n) is 3.59. The molecule has 0 radical (unpaired) electrons. The van der Waals surface area contributed by atoms with Gasteiger partial charge in [-0.15, -0.1) is 0 Å². The Bertz CT molecular complexity index is 415. The molecule has 164 valence electrons. The van der Waals surface area contributed by atoms with Crippen molar-refractivity contribution in [2.75, 3.05) is 0 Å². The first-order valence-electron chi connectivity index (χ1n) is 11.5. The number of hydrogen-bond donors (Lipinski definition) is 1. The zero-order valence-corrected chi connectivity index (χ0v) is 21.8. The van der Waals surface area contributed by atoms with Crippen molar-refractivity contribution >= 4 is 10.1 Å². The minimum Gasteiger partial charge on any atom is -0.748 e. The van der Waals surface area contributed by atoms with Gasteiger partial charge in [0, 0.05) is 5.25 Å². The van der Waals surface area contributed by atoms with Crippen LogP contribution in [-0.2, 0) is 10.1 Å². The summed E-state index contributed by atoms with van der Waals surface area (Å²) in [6.45, 7) is 4.05. The fourth-order valence-corrected chi connectivity index (χ4v) is 4.50. The summed E-state index contributed by atoms with van der Waals surface area (Å²) in [5.74, 6) is 0. The van der Waals surface area contributed by atoms with Gasteiger partial charge in [-0.2, -0.15) is 0 Å². The second-order valence-corrected chi connectivity index (χ2v) is 9.79. The van der Waals surface area contributed by atoms with Crippen molar-refractivity contribution in [3.8, 4) is 0 Å². The smallest absolute Gasteiger partial charge is 0.748 e. The molecule has 0 spiro atoms. The Balaban J connectivity index is 0. The minimum atomic E-state index is -4.12. The van der Waals surface area contributed by atoms with E-state index in [-0.39, 0.29) is 35.7 Å². The molecule has 0 aromatic carbocycles. The maximum absolute atomic E-state index is 11.3. The number of unbranched alkanes of at least 4 members (excludes halogenated alkanes) is 12. The topological polar surface area (TPSA) is 77.4 Å². The van der Waals surface area contributed by atoms with Gasteiger partial charge in [0.2, 0.25) is 0 Å². The Labute approximate surface area is 197 Å². The maximum Gasteiger partial charge on any atom is 1.00 e. The summed E-state index contributed by atoms with van der Waals surface area (Å²) >= 11 is 0. The van der Waals surface area contributed by atoms with Crippen LogP contribution in [0, 0.1) is 0 Å². The average Bonchev–Trinajstić information content (AvgIpc) is 2.62. The Hall–Kier alpha value is 0.870. The van der Waals surface area contributed by atoms with Crippen LogP contribution in [0.2, 0.25) is 0 Å². The molecule has 2 atom stereocenters. The molecule has 0 heterocycles. The first-order valence-corrected chi connectivity index (χ1v) is 13.0. The minimum absolute atomic E-state index is 0. The Morgan fingerprint density at radius 3 is 1.39 bits per heavy atom. The molecule has 0 aromatic heterocycles. The zero-order chi connectivity index (χ0) is 20.4. The van der Waals surface area contributed by atoms with Crippen LogP contribution in [0.4, 0.5) is 0 Å². The maximum atomic E-state index is 11.3. The van der Waals surface area contributed by atoms with Crippen molar-refractivity contribution in [1.82, 2.24) is 0 Å². The fraction of sp³-hybridized carbons (Fsp3) is 1.00.